The van der Waals surface area contributed by atoms with Crippen molar-refractivity contribution in [3.8, 4) is 0 Å². The number of carbonyl (C=O) groups is 1. The first-order valence-electron chi connectivity index (χ1n) is 7.97. The quantitative estimate of drug-likeness (QED) is 0.658. The summed E-state index contributed by atoms with van der Waals surface area (Å²) in [5.74, 6) is -1.51. The van der Waals surface area contributed by atoms with E-state index in [2.05, 4.69) is 20.6 Å². The number of aromatic nitrogens is 2. The summed E-state index contributed by atoms with van der Waals surface area (Å²) in [5, 5.41) is 6.01. The van der Waals surface area contributed by atoms with E-state index in [4.69, 9.17) is 11.6 Å². The van der Waals surface area contributed by atoms with E-state index in [1.54, 1.807) is 13.0 Å². The molecule has 0 aliphatic rings. The lowest BCUT2D eigenvalue weighted by Crippen LogP contribution is -2.16. The summed E-state index contributed by atoms with van der Waals surface area (Å²) < 4.78 is 26.7. The number of nitrogens with zero attached hydrogens (tertiary/aromatic N) is 2. The second-order valence-electron chi connectivity index (χ2n) is 5.85. The number of rotatable bonds is 4. The minimum Gasteiger partial charge on any atom is -0.340 e. The summed E-state index contributed by atoms with van der Waals surface area (Å²) in [6.45, 7) is 3.51. The Morgan fingerprint density at radius 3 is 2.52 bits per heavy atom. The van der Waals surface area contributed by atoms with Crippen molar-refractivity contribution in [2.45, 2.75) is 13.8 Å². The van der Waals surface area contributed by atoms with Crippen LogP contribution in [0.2, 0.25) is 5.02 Å². The fourth-order valence-electron chi connectivity index (χ4n) is 2.34. The zero-order valence-electron chi connectivity index (χ0n) is 14.5. The highest BCUT2D eigenvalue weighted by molar-refractivity contribution is 6.31. The highest BCUT2D eigenvalue weighted by Crippen LogP contribution is 2.23. The van der Waals surface area contributed by atoms with E-state index in [0.717, 1.165) is 17.7 Å². The third-order valence-corrected chi connectivity index (χ3v) is 4.10. The summed E-state index contributed by atoms with van der Waals surface area (Å²) in [7, 11) is 0. The van der Waals surface area contributed by atoms with E-state index < -0.39 is 17.5 Å². The van der Waals surface area contributed by atoms with Crippen molar-refractivity contribution in [2.75, 3.05) is 10.6 Å². The molecule has 0 saturated carbocycles. The lowest BCUT2D eigenvalue weighted by Gasteiger charge is -2.10. The number of halogens is 3. The number of benzene rings is 2. The minimum atomic E-state index is -0.873. The maximum atomic E-state index is 13.7. The molecule has 8 heteroatoms. The first kappa shape index (κ1) is 18.7. The van der Waals surface area contributed by atoms with E-state index in [-0.39, 0.29) is 11.4 Å². The predicted octanol–water partition coefficient (Wildman–Crippen LogP) is 5.02. The van der Waals surface area contributed by atoms with Gasteiger partial charge in [-0.3, -0.25) is 4.79 Å². The molecule has 0 fully saturated rings. The van der Waals surface area contributed by atoms with E-state index >= 15 is 0 Å². The van der Waals surface area contributed by atoms with Gasteiger partial charge >= 0.3 is 0 Å². The molecule has 0 atom stereocenters. The number of hydrogen-bond donors (Lipinski definition) is 2. The average molecular weight is 389 g/mol. The van der Waals surface area contributed by atoms with Crippen LogP contribution >= 0.6 is 11.6 Å². The van der Waals surface area contributed by atoms with Gasteiger partial charge in [-0.25, -0.2) is 18.7 Å². The molecule has 3 aromatic rings. The molecule has 2 aromatic carbocycles. The van der Waals surface area contributed by atoms with Crippen LogP contribution in [0.3, 0.4) is 0 Å². The second-order valence-corrected chi connectivity index (χ2v) is 6.26. The van der Waals surface area contributed by atoms with Gasteiger partial charge in [0, 0.05) is 22.8 Å². The Morgan fingerprint density at radius 1 is 1.04 bits per heavy atom. The summed E-state index contributed by atoms with van der Waals surface area (Å²) in [6, 6.07) is 9.73. The summed E-state index contributed by atoms with van der Waals surface area (Å²) in [6.07, 6.45) is 0. The van der Waals surface area contributed by atoms with Crippen LogP contribution < -0.4 is 10.6 Å². The van der Waals surface area contributed by atoms with E-state index in [1.807, 2.05) is 19.1 Å². The number of hydrogen-bond acceptors (Lipinski definition) is 4. The van der Waals surface area contributed by atoms with Crippen LogP contribution in [-0.2, 0) is 0 Å². The van der Waals surface area contributed by atoms with Gasteiger partial charge in [0.05, 0.1) is 5.69 Å². The second kappa shape index (κ2) is 7.67. The van der Waals surface area contributed by atoms with Gasteiger partial charge in [-0.2, -0.15) is 0 Å². The Hall–Kier alpha value is -3.06. The van der Waals surface area contributed by atoms with Crippen molar-refractivity contribution >= 4 is 34.7 Å². The van der Waals surface area contributed by atoms with Gasteiger partial charge in [-0.05, 0) is 43.7 Å². The maximum Gasteiger partial charge on any atom is 0.274 e. The van der Waals surface area contributed by atoms with Gasteiger partial charge in [0.2, 0.25) is 0 Å². The van der Waals surface area contributed by atoms with Gasteiger partial charge in [0.15, 0.2) is 0 Å². The van der Waals surface area contributed by atoms with Crippen LogP contribution in [0.25, 0.3) is 0 Å². The molecule has 0 spiro atoms. The van der Waals surface area contributed by atoms with Crippen LogP contribution in [0.4, 0.5) is 26.0 Å². The Labute approximate surface area is 159 Å². The lowest BCUT2D eigenvalue weighted by atomic mass is 10.2. The van der Waals surface area contributed by atoms with Gasteiger partial charge in [-0.1, -0.05) is 17.7 Å². The first-order valence-corrected chi connectivity index (χ1v) is 8.35. The molecule has 0 saturated heterocycles. The molecule has 1 aromatic heterocycles. The van der Waals surface area contributed by atoms with Crippen molar-refractivity contribution in [1.82, 2.24) is 9.97 Å². The SMILES string of the molecule is Cc1nc(Nc2ccc(C)c(Cl)c2)cc(C(=O)Nc2ccc(F)cc2F)n1. The molecule has 2 N–H and O–H groups in total. The number of anilines is 3. The van der Waals surface area contributed by atoms with Crippen LogP contribution in [0, 0.1) is 25.5 Å². The lowest BCUT2D eigenvalue weighted by molar-refractivity contribution is 0.102. The highest BCUT2D eigenvalue weighted by atomic mass is 35.5. The van der Waals surface area contributed by atoms with Crippen molar-refractivity contribution in [2.24, 2.45) is 0 Å². The molecule has 138 valence electrons. The molecule has 1 heterocycles. The standard InChI is InChI=1S/C19H15ClF2N4O/c1-10-3-5-13(8-14(10)20)25-18-9-17(23-11(2)24-18)19(27)26-16-6-4-12(21)7-15(16)22/h3-9H,1-2H3,(H,26,27)(H,23,24,25). The summed E-state index contributed by atoms with van der Waals surface area (Å²) >= 11 is 6.11. The average Bonchev–Trinajstić information content (AvgIpc) is 2.60. The van der Waals surface area contributed by atoms with Crippen molar-refractivity contribution in [3.63, 3.8) is 0 Å². The van der Waals surface area contributed by atoms with Gasteiger partial charge < -0.3 is 10.6 Å². The Balaban J connectivity index is 1.83. The third kappa shape index (κ3) is 4.57. The molecular weight excluding hydrogens is 374 g/mol. The van der Waals surface area contributed by atoms with Crippen LogP contribution in [-0.4, -0.2) is 15.9 Å². The van der Waals surface area contributed by atoms with Crippen LogP contribution in [0.5, 0.6) is 0 Å². The smallest absolute Gasteiger partial charge is 0.274 e. The monoisotopic (exact) mass is 388 g/mol. The van der Waals surface area contributed by atoms with Crippen LogP contribution in [0.15, 0.2) is 42.5 Å². The first-order chi connectivity index (χ1) is 12.8. The zero-order valence-corrected chi connectivity index (χ0v) is 15.2. The Bertz CT molecular complexity index is 1030. The zero-order chi connectivity index (χ0) is 19.6. The molecule has 5 nitrogen and oxygen atoms in total. The molecule has 0 radical (unpaired) electrons. The number of carbonyl (C=O) groups excluding carboxylic acids is 1. The highest BCUT2D eigenvalue weighted by Gasteiger charge is 2.14. The maximum absolute atomic E-state index is 13.7. The van der Waals surface area contributed by atoms with Crippen molar-refractivity contribution in [3.05, 3.63) is 76.2 Å². The summed E-state index contributed by atoms with van der Waals surface area (Å²) in [4.78, 5) is 20.7. The van der Waals surface area contributed by atoms with Gasteiger partial charge in [-0.15, -0.1) is 0 Å². The van der Waals surface area contributed by atoms with E-state index in [0.29, 0.717) is 28.4 Å². The molecule has 0 aliphatic heterocycles. The normalized spacial score (nSPS) is 10.6. The van der Waals surface area contributed by atoms with E-state index in [9.17, 15) is 13.6 Å². The molecule has 27 heavy (non-hydrogen) atoms. The van der Waals surface area contributed by atoms with Crippen molar-refractivity contribution < 1.29 is 13.6 Å². The number of nitrogens with one attached hydrogen (secondary N) is 2. The molecule has 3 rings (SSSR count). The topological polar surface area (TPSA) is 66.9 Å². The fourth-order valence-corrected chi connectivity index (χ4v) is 2.52. The van der Waals surface area contributed by atoms with Gasteiger partial charge in [0.1, 0.15) is 29.0 Å². The molecule has 0 bridgehead atoms. The van der Waals surface area contributed by atoms with Gasteiger partial charge in [0.25, 0.3) is 5.91 Å². The molecule has 0 aliphatic carbocycles. The molecule has 1 amide bonds. The van der Waals surface area contributed by atoms with E-state index in [1.165, 1.54) is 6.07 Å². The van der Waals surface area contributed by atoms with Crippen LogP contribution in [0.1, 0.15) is 21.9 Å². The molecule has 0 unspecified atom stereocenters. The Kier molecular flexibility index (Phi) is 5.32. The molecular formula is C19H15ClF2N4O. The Morgan fingerprint density at radius 2 is 1.81 bits per heavy atom. The number of amides is 1. The largest absolute Gasteiger partial charge is 0.340 e. The predicted molar refractivity (Wildman–Crippen MR) is 101 cm³/mol. The third-order valence-electron chi connectivity index (χ3n) is 3.69. The number of aryl methyl sites for hydroxylation is 2. The van der Waals surface area contributed by atoms with Crippen molar-refractivity contribution in [1.29, 1.82) is 0 Å². The summed E-state index contributed by atoms with van der Waals surface area (Å²) in [5.41, 5.74) is 1.52. The fraction of sp³-hybridized carbons (Fsp3) is 0.105. The minimum absolute atomic E-state index is 0.0342.